The van der Waals surface area contributed by atoms with Crippen LogP contribution in [0.3, 0.4) is 0 Å². The average Bonchev–Trinajstić information content (AvgIpc) is 3.57. The Morgan fingerprint density at radius 1 is 0.608 bits per heavy atom. The zero-order valence-electron chi connectivity index (χ0n) is 28.7. The first-order valence-electron chi connectivity index (χ1n) is 18.3. The summed E-state index contributed by atoms with van der Waals surface area (Å²) in [5, 5.41) is 4.08. The first-order valence-corrected chi connectivity index (χ1v) is 18.3. The third-order valence-corrected chi connectivity index (χ3v) is 11.3. The molecule has 10 bridgehead atoms. The molecule has 2 aliphatic heterocycles. The summed E-state index contributed by atoms with van der Waals surface area (Å²) in [5.41, 5.74) is 17.4. The number of allylic oxidation sites excluding steroid dienone is 3. The van der Waals surface area contributed by atoms with Crippen LogP contribution in [0.25, 0.3) is 27.8 Å². The Bertz CT molecular complexity index is 2400. The van der Waals surface area contributed by atoms with Crippen LogP contribution < -0.4 is 10.2 Å². The van der Waals surface area contributed by atoms with Crippen molar-refractivity contribution >= 4 is 28.3 Å². The van der Waals surface area contributed by atoms with Crippen LogP contribution in [-0.2, 0) is 6.42 Å². The fourth-order valence-electron chi connectivity index (χ4n) is 8.79. The molecule has 246 valence electrons. The number of para-hydroxylation sites is 1. The molecule has 51 heavy (non-hydrogen) atoms. The van der Waals surface area contributed by atoms with Crippen LogP contribution in [0.2, 0.25) is 0 Å². The highest BCUT2D eigenvalue weighted by Crippen LogP contribution is 2.42. The summed E-state index contributed by atoms with van der Waals surface area (Å²) in [6.45, 7) is 2.37. The predicted molar refractivity (Wildman–Crippen MR) is 212 cm³/mol. The van der Waals surface area contributed by atoms with Gasteiger partial charge in [-0.3, -0.25) is 10.3 Å². The van der Waals surface area contributed by atoms with E-state index in [9.17, 15) is 0 Å². The number of rotatable bonds is 2. The van der Waals surface area contributed by atoms with Gasteiger partial charge in [0.1, 0.15) is 6.17 Å². The van der Waals surface area contributed by atoms with E-state index in [2.05, 4.69) is 181 Å². The van der Waals surface area contributed by atoms with E-state index in [1.54, 1.807) is 0 Å². The van der Waals surface area contributed by atoms with Crippen molar-refractivity contribution in [3.8, 4) is 22.3 Å². The summed E-state index contributed by atoms with van der Waals surface area (Å²) in [6.07, 6.45) is 9.03. The molecule has 6 aromatic carbocycles. The van der Waals surface area contributed by atoms with Gasteiger partial charge in [0.25, 0.3) is 0 Å². The maximum atomic E-state index is 5.58. The molecule has 6 aromatic rings. The minimum absolute atomic E-state index is 0.162. The van der Waals surface area contributed by atoms with Gasteiger partial charge >= 0.3 is 0 Å². The second-order valence-corrected chi connectivity index (χ2v) is 14.4. The normalized spacial score (nSPS) is 21.3. The van der Waals surface area contributed by atoms with E-state index >= 15 is 0 Å². The summed E-state index contributed by atoms with van der Waals surface area (Å²) >= 11 is 0. The van der Waals surface area contributed by atoms with Gasteiger partial charge in [0.15, 0.2) is 0 Å². The average molecular weight is 658 g/mol. The highest BCUT2D eigenvalue weighted by molar-refractivity contribution is 6.04. The van der Waals surface area contributed by atoms with Gasteiger partial charge in [0.2, 0.25) is 0 Å². The van der Waals surface area contributed by atoms with Gasteiger partial charge in [-0.25, -0.2) is 0 Å². The van der Waals surface area contributed by atoms with Gasteiger partial charge in [-0.05, 0) is 123 Å². The monoisotopic (exact) mass is 657 g/mol. The molecule has 0 radical (unpaired) electrons. The molecule has 0 amide bonds. The Morgan fingerprint density at radius 2 is 1.31 bits per heavy atom. The third-order valence-electron chi connectivity index (χ3n) is 11.3. The maximum absolute atomic E-state index is 5.58. The highest BCUT2D eigenvalue weighted by Gasteiger charge is 2.36. The fourth-order valence-corrected chi connectivity index (χ4v) is 8.79. The molecule has 0 saturated carbocycles. The summed E-state index contributed by atoms with van der Waals surface area (Å²) in [4.78, 5) is 7.95. The van der Waals surface area contributed by atoms with Gasteiger partial charge in [0.05, 0.1) is 0 Å². The van der Waals surface area contributed by atoms with E-state index in [-0.39, 0.29) is 18.1 Å². The smallest absolute Gasteiger partial charge is 0.126 e. The molecule has 1 N–H and O–H groups in total. The SMILES string of the molecule is CC1C(c2ccc3c(c2)-c2ccccc2C3)=NC2NC1C1C=C(C=CC1)c1cccc(c1)N(c1ccccc1)c1cccc(c1)-c1cccc2c1. The lowest BCUT2D eigenvalue weighted by Crippen LogP contribution is -2.49. The van der Waals surface area contributed by atoms with Crippen molar-refractivity contribution in [1.82, 2.24) is 5.32 Å². The van der Waals surface area contributed by atoms with Gasteiger partial charge in [-0.1, -0.05) is 122 Å². The molecule has 0 fully saturated rings. The molecule has 10 rings (SSSR count). The minimum Gasteiger partial charge on any atom is -0.310 e. The molecular formula is C48H39N3. The number of anilines is 3. The van der Waals surface area contributed by atoms with E-state index in [0.717, 1.165) is 29.9 Å². The number of benzene rings is 6. The van der Waals surface area contributed by atoms with Crippen LogP contribution >= 0.6 is 0 Å². The van der Waals surface area contributed by atoms with E-state index in [4.69, 9.17) is 4.99 Å². The first-order chi connectivity index (χ1) is 25.2. The molecule has 0 saturated heterocycles. The van der Waals surface area contributed by atoms with Gasteiger partial charge < -0.3 is 4.90 Å². The lowest BCUT2D eigenvalue weighted by molar-refractivity contribution is 0.305. The third kappa shape index (κ3) is 5.28. The van der Waals surface area contributed by atoms with Crippen LogP contribution in [0.15, 0.2) is 169 Å². The zero-order chi connectivity index (χ0) is 33.9. The molecule has 4 aliphatic rings. The van der Waals surface area contributed by atoms with E-state index in [0.29, 0.717) is 5.92 Å². The van der Waals surface area contributed by atoms with Gasteiger partial charge in [-0.15, -0.1) is 0 Å². The molecular weight excluding hydrogens is 619 g/mol. The molecule has 2 aliphatic carbocycles. The van der Waals surface area contributed by atoms with Crippen LogP contribution in [-0.4, -0.2) is 11.8 Å². The number of fused-ring (bicyclic) bond motifs is 16. The van der Waals surface area contributed by atoms with E-state index in [1.807, 2.05) is 0 Å². The van der Waals surface area contributed by atoms with E-state index in [1.165, 1.54) is 61.4 Å². The molecule has 2 heterocycles. The van der Waals surface area contributed by atoms with Crippen LogP contribution in [0.1, 0.15) is 47.3 Å². The molecule has 4 atom stereocenters. The van der Waals surface area contributed by atoms with Crippen LogP contribution in [0.5, 0.6) is 0 Å². The van der Waals surface area contributed by atoms with Crippen molar-refractivity contribution in [3.63, 3.8) is 0 Å². The van der Waals surface area contributed by atoms with Crippen LogP contribution in [0.4, 0.5) is 17.1 Å². The van der Waals surface area contributed by atoms with Crippen molar-refractivity contribution in [2.75, 3.05) is 4.90 Å². The second-order valence-electron chi connectivity index (χ2n) is 14.4. The van der Waals surface area contributed by atoms with Crippen molar-refractivity contribution in [2.24, 2.45) is 16.8 Å². The standard InChI is InChI=1S/C48H39N3/c1-31-46-38-16-7-12-32(25-38)34-14-9-20-42(28-34)51(41-18-3-2-4-19-41)43-21-10-15-35(29-43)33-13-8-17-40(26-33)48(49-46)50-47(31)39-24-23-37-27-36-11-5-6-22-44(36)45(37)30-39/h2-15,17-26,28-31,38,46,48-49H,16,27H2,1H3. The largest absolute Gasteiger partial charge is 0.310 e. The van der Waals surface area contributed by atoms with Gasteiger partial charge in [0, 0.05) is 34.7 Å². The van der Waals surface area contributed by atoms with Crippen molar-refractivity contribution in [3.05, 3.63) is 192 Å². The molecule has 4 unspecified atom stereocenters. The molecule has 3 nitrogen and oxygen atoms in total. The molecule has 3 heteroatoms. The number of aliphatic imine (C=N–C) groups is 1. The number of nitrogens with zero attached hydrogens (tertiary/aromatic N) is 2. The number of hydrogen-bond donors (Lipinski definition) is 1. The Morgan fingerprint density at radius 3 is 2.18 bits per heavy atom. The first kappa shape index (κ1) is 30.1. The Labute approximate surface area is 300 Å². The van der Waals surface area contributed by atoms with Crippen molar-refractivity contribution in [1.29, 1.82) is 0 Å². The Balaban J connectivity index is 1.15. The molecule has 0 spiro atoms. The lowest BCUT2D eigenvalue weighted by atomic mass is 9.77. The highest BCUT2D eigenvalue weighted by atomic mass is 15.1. The lowest BCUT2D eigenvalue weighted by Gasteiger charge is -2.39. The van der Waals surface area contributed by atoms with Crippen molar-refractivity contribution in [2.45, 2.75) is 32.0 Å². The molecule has 0 aromatic heterocycles. The zero-order valence-corrected chi connectivity index (χ0v) is 28.7. The van der Waals surface area contributed by atoms with Crippen LogP contribution in [0, 0.1) is 11.8 Å². The Kier molecular flexibility index (Phi) is 7.21. The number of hydrogen-bond acceptors (Lipinski definition) is 3. The fraction of sp³-hybridized carbons (Fsp3) is 0.146. The summed E-state index contributed by atoms with van der Waals surface area (Å²) in [7, 11) is 0. The maximum Gasteiger partial charge on any atom is 0.126 e. The quantitative estimate of drug-likeness (QED) is 0.200. The topological polar surface area (TPSA) is 27.6 Å². The van der Waals surface area contributed by atoms with Gasteiger partial charge in [-0.2, -0.15) is 0 Å². The Hall–Kier alpha value is -5.77. The van der Waals surface area contributed by atoms with Crippen molar-refractivity contribution < 1.29 is 0 Å². The summed E-state index contributed by atoms with van der Waals surface area (Å²) < 4.78 is 0. The summed E-state index contributed by atoms with van der Waals surface area (Å²) in [6, 6.07) is 53.8. The number of nitrogens with one attached hydrogen (secondary N) is 1. The second kappa shape index (κ2) is 12.2. The van der Waals surface area contributed by atoms with E-state index < -0.39 is 0 Å². The summed E-state index contributed by atoms with van der Waals surface area (Å²) in [5.74, 6) is 0.518. The minimum atomic E-state index is -0.162. The predicted octanol–water partition coefficient (Wildman–Crippen LogP) is 11.5.